The van der Waals surface area contributed by atoms with E-state index in [2.05, 4.69) is 5.32 Å². The van der Waals surface area contributed by atoms with Crippen molar-refractivity contribution in [3.63, 3.8) is 0 Å². The molecule has 0 radical (unpaired) electrons. The summed E-state index contributed by atoms with van der Waals surface area (Å²) in [6, 6.07) is 15.8. The van der Waals surface area contributed by atoms with E-state index < -0.39 is 17.9 Å². The first-order chi connectivity index (χ1) is 15.5. The quantitative estimate of drug-likeness (QED) is 0.642. The molecule has 2 aromatic carbocycles. The van der Waals surface area contributed by atoms with Gasteiger partial charge in [0.25, 0.3) is 17.7 Å². The average molecular weight is 429 g/mol. The molecule has 160 valence electrons. The Balaban J connectivity index is 1.34. The highest BCUT2D eigenvalue weighted by molar-refractivity contribution is 6.34. The number of rotatable bonds is 4. The van der Waals surface area contributed by atoms with Crippen molar-refractivity contribution >= 4 is 35.0 Å². The summed E-state index contributed by atoms with van der Waals surface area (Å²) >= 11 is 0. The molecule has 2 aliphatic heterocycles. The molecule has 1 unspecified atom stereocenters. The van der Waals surface area contributed by atoms with Gasteiger partial charge in [-0.3, -0.25) is 19.2 Å². The molecule has 0 saturated carbocycles. The van der Waals surface area contributed by atoms with E-state index in [4.69, 9.17) is 4.42 Å². The topological polar surface area (TPSA) is 99.9 Å². The molecule has 3 heterocycles. The molecule has 8 heteroatoms. The van der Waals surface area contributed by atoms with Crippen LogP contribution in [-0.4, -0.2) is 41.1 Å². The number of carbonyl (C=O) groups is 4. The van der Waals surface area contributed by atoms with Gasteiger partial charge in [0.15, 0.2) is 5.76 Å². The Bertz CT molecular complexity index is 1200. The summed E-state index contributed by atoms with van der Waals surface area (Å²) in [5.74, 6) is -1.27. The van der Waals surface area contributed by atoms with E-state index in [0.717, 1.165) is 4.90 Å². The average Bonchev–Trinajstić information content (AvgIpc) is 3.55. The van der Waals surface area contributed by atoms with Gasteiger partial charge in [-0.05, 0) is 55.3 Å². The van der Waals surface area contributed by atoms with Crippen LogP contribution in [0.25, 0.3) is 0 Å². The first-order valence-electron chi connectivity index (χ1n) is 10.3. The molecule has 1 N–H and O–H groups in total. The van der Waals surface area contributed by atoms with Crippen LogP contribution in [-0.2, 0) is 4.79 Å². The number of amides is 4. The smallest absolute Gasteiger partial charge is 0.290 e. The van der Waals surface area contributed by atoms with Gasteiger partial charge in [0.05, 0.1) is 23.1 Å². The molecule has 0 spiro atoms. The molecular weight excluding hydrogens is 410 g/mol. The van der Waals surface area contributed by atoms with Gasteiger partial charge in [-0.1, -0.05) is 18.2 Å². The van der Waals surface area contributed by atoms with Gasteiger partial charge in [0.1, 0.15) is 6.04 Å². The zero-order valence-corrected chi connectivity index (χ0v) is 17.0. The van der Waals surface area contributed by atoms with Crippen molar-refractivity contribution in [2.45, 2.75) is 18.9 Å². The lowest BCUT2D eigenvalue weighted by Gasteiger charge is -2.23. The van der Waals surface area contributed by atoms with Gasteiger partial charge in [-0.2, -0.15) is 0 Å². The largest absolute Gasteiger partial charge is 0.459 e. The van der Waals surface area contributed by atoms with Gasteiger partial charge in [-0.25, -0.2) is 4.90 Å². The van der Waals surface area contributed by atoms with Crippen LogP contribution in [0.4, 0.5) is 11.4 Å². The zero-order chi connectivity index (χ0) is 22.2. The van der Waals surface area contributed by atoms with Crippen LogP contribution in [0.2, 0.25) is 0 Å². The molecule has 2 aliphatic rings. The molecule has 1 aromatic heterocycles. The third kappa shape index (κ3) is 3.26. The van der Waals surface area contributed by atoms with E-state index in [1.165, 1.54) is 11.2 Å². The number of likely N-dealkylation sites (tertiary alicyclic amines) is 1. The molecule has 0 aliphatic carbocycles. The standard InChI is InChI=1S/C24H19N3O5/c28-21(19-10-4-12-26(19)24(31)20-11-5-13-32-20)25-15-6-3-7-16(14-15)27-22(29)17-8-1-2-9-18(17)23(27)30/h1-3,5-9,11,13-14,19H,4,10,12H2,(H,25,28). The Hall–Kier alpha value is -4.20. The highest BCUT2D eigenvalue weighted by Gasteiger charge is 2.37. The van der Waals surface area contributed by atoms with Gasteiger partial charge in [0, 0.05) is 12.2 Å². The Morgan fingerprint density at radius 2 is 1.69 bits per heavy atom. The van der Waals surface area contributed by atoms with Gasteiger partial charge < -0.3 is 14.6 Å². The van der Waals surface area contributed by atoms with E-state index in [0.29, 0.717) is 41.9 Å². The second-order valence-electron chi connectivity index (χ2n) is 7.66. The maximum Gasteiger partial charge on any atom is 0.290 e. The second-order valence-corrected chi connectivity index (χ2v) is 7.66. The number of nitrogens with zero attached hydrogens (tertiary/aromatic N) is 2. The van der Waals surface area contributed by atoms with Crippen molar-refractivity contribution in [1.29, 1.82) is 0 Å². The minimum atomic E-state index is -0.629. The van der Waals surface area contributed by atoms with Crippen LogP contribution in [0.1, 0.15) is 44.1 Å². The minimum Gasteiger partial charge on any atom is -0.459 e. The lowest BCUT2D eigenvalue weighted by Crippen LogP contribution is -2.43. The van der Waals surface area contributed by atoms with Crippen LogP contribution in [0.5, 0.6) is 0 Å². The van der Waals surface area contributed by atoms with Crippen molar-refractivity contribution < 1.29 is 23.6 Å². The van der Waals surface area contributed by atoms with Crippen molar-refractivity contribution in [2.24, 2.45) is 0 Å². The summed E-state index contributed by atoms with van der Waals surface area (Å²) in [6.45, 7) is 0.465. The fourth-order valence-electron chi connectivity index (χ4n) is 4.20. The lowest BCUT2D eigenvalue weighted by molar-refractivity contribution is -0.119. The molecule has 1 saturated heterocycles. The van der Waals surface area contributed by atoms with Crippen LogP contribution in [0.15, 0.2) is 71.3 Å². The number of benzene rings is 2. The summed E-state index contributed by atoms with van der Waals surface area (Å²) in [7, 11) is 0. The number of carbonyl (C=O) groups excluding carboxylic acids is 4. The Kier molecular flexibility index (Phi) is 4.82. The fraction of sp³-hybridized carbons (Fsp3) is 0.167. The third-order valence-corrected chi connectivity index (χ3v) is 5.71. The molecule has 5 rings (SSSR count). The SMILES string of the molecule is O=C(Nc1cccc(N2C(=O)c3ccccc3C2=O)c1)C1CCCN1C(=O)c1ccco1. The molecule has 8 nitrogen and oxygen atoms in total. The molecule has 1 atom stereocenters. The zero-order valence-electron chi connectivity index (χ0n) is 17.0. The van der Waals surface area contributed by atoms with Crippen LogP contribution < -0.4 is 10.2 Å². The number of anilines is 2. The molecule has 32 heavy (non-hydrogen) atoms. The summed E-state index contributed by atoms with van der Waals surface area (Å²) in [4.78, 5) is 53.7. The van der Waals surface area contributed by atoms with E-state index in [1.54, 1.807) is 60.7 Å². The first-order valence-corrected chi connectivity index (χ1v) is 10.3. The normalized spacial score (nSPS) is 17.6. The van der Waals surface area contributed by atoms with Crippen LogP contribution in [0, 0.1) is 0 Å². The summed E-state index contributed by atoms with van der Waals surface area (Å²) in [5, 5.41) is 2.82. The molecule has 1 fully saturated rings. The molecule has 4 amide bonds. The number of furan rings is 1. The second kappa shape index (κ2) is 7.81. The fourth-order valence-corrected chi connectivity index (χ4v) is 4.20. The molecule has 0 bridgehead atoms. The highest BCUT2D eigenvalue weighted by atomic mass is 16.3. The van der Waals surface area contributed by atoms with Crippen molar-refractivity contribution in [3.8, 4) is 0 Å². The molecule has 3 aromatic rings. The van der Waals surface area contributed by atoms with E-state index in [1.807, 2.05) is 0 Å². The minimum absolute atomic E-state index is 0.192. The van der Waals surface area contributed by atoms with E-state index >= 15 is 0 Å². The van der Waals surface area contributed by atoms with Gasteiger partial charge in [0.2, 0.25) is 5.91 Å². The number of nitrogens with one attached hydrogen (secondary N) is 1. The predicted octanol–water partition coefficient (Wildman–Crippen LogP) is 3.32. The number of fused-ring (bicyclic) bond motifs is 1. The lowest BCUT2D eigenvalue weighted by atomic mass is 10.1. The number of imide groups is 1. The van der Waals surface area contributed by atoms with Crippen LogP contribution in [0.3, 0.4) is 0 Å². The summed E-state index contributed by atoms with van der Waals surface area (Å²) in [6.07, 6.45) is 2.67. The Labute approximate surface area is 183 Å². The van der Waals surface area contributed by atoms with Gasteiger partial charge in [-0.15, -0.1) is 0 Å². The summed E-state index contributed by atoms with van der Waals surface area (Å²) < 4.78 is 5.18. The predicted molar refractivity (Wildman–Crippen MR) is 115 cm³/mol. The Morgan fingerprint density at radius 3 is 2.38 bits per heavy atom. The van der Waals surface area contributed by atoms with E-state index in [9.17, 15) is 19.2 Å². The summed E-state index contributed by atoms with van der Waals surface area (Å²) in [5.41, 5.74) is 1.50. The first kappa shape index (κ1) is 19.7. The Morgan fingerprint density at radius 1 is 0.938 bits per heavy atom. The van der Waals surface area contributed by atoms with Crippen molar-refractivity contribution in [3.05, 3.63) is 83.8 Å². The number of hydrogen-bond donors (Lipinski definition) is 1. The van der Waals surface area contributed by atoms with Crippen molar-refractivity contribution in [1.82, 2.24) is 4.90 Å². The van der Waals surface area contributed by atoms with Crippen molar-refractivity contribution in [2.75, 3.05) is 16.8 Å². The highest BCUT2D eigenvalue weighted by Crippen LogP contribution is 2.30. The van der Waals surface area contributed by atoms with Crippen LogP contribution >= 0.6 is 0 Å². The monoisotopic (exact) mass is 429 g/mol. The maximum atomic E-state index is 13.0. The molecular formula is C24H19N3O5. The maximum absolute atomic E-state index is 13.0. The third-order valence-electron chi connectivity index (χ3n) is 5.71. The van der Waals surface area contributed by atoms with Gasteiger partial charge >= 0.3 is 0 Å². The number of hydrogen-bond acceptors (Lipinski definition) is 5. The van der Waals surface area contributed by atoms with E-state index in [-0.39, 0.29) is 17.6 Å².